The van der Waals surface area contributed by atoms with E-state index in [0.29, 0.717) is 0 Å². The first-order valence-corrected chi connectivity index (χ1v) is 4.64. The molecule has 1 nitrogen and oxygen atoms in total. The molecule has 0 bridgehead atoms. The van der Waals surface area contributed by atoms with Crippen molar-refractivity contribution in [3.05, 3.63) is 42.1 Å². The molecule has 0 aromatic heterocycles. The molecule has 0 radical (unpaired) electrons. The number of hydrogen-bond acceptors (Lipinski definition) is 1. The summed E-state index contributed by atoms with van der Waals surface area (Å²) in [5.41, 5.74) is 3.89. The molecule has 0 atom stereocenters. The van der Waals surface area contributed by atoms with Crippen LogP contribution in [0.3, 0.4) is 0 Å². The van der Waals surface area contributed by atoms with Gasteiger partial charge in [-0.15, -0.1) is 0 Å². The lowest BCUT2D eigenvalue weighted by Crippen LogP contribution is -1.97. The van der Waals surface area contributed by atoms with E-state index in [0.717, 1.165) is 12.8 Å². The molecule has 1 heteroatoms. The van der Waals surface area contributed by atoms with Crippen LogP contribution in [0.25, 0.3) is 5.57 Å². The largest absolute Gasteiger partial charge is 0.266 e. The third-order valence-electron chi connectivity index (χ3n) is 2.34. The zero-order valence-corrected chi connectivity index (χ0v) is 7.83. The standard InChI is InChI=1S/C12H13N/c1-10-7-8-12(9-13-10)11-5-3-2-4-6-11/h2-6,9H,7-8H2,1H3. The minimum absolute atomic E-state index is 1.10. The lowest BCUT2D eigenvalue weighted by Gasteiger charge is -2.10. The number of benzene rings is 1. The van der Waals surface area contributed by atoms with Crippen molar-refractivity contribution in [3.8, 4) is 0 Å². The minimum Gasteiger partial charge on any atom is -0.266 e. The number of hydrogen-bond donors (Lipinski definition) is 0. The first kappa shape index (κ1) is 8.24. The number of nitrogens with zero attached hydrogens (tertiary/aromatic N) is 1. The van der Waals surface area contributed by atoms with Crippen molar-refractivity contribution in [2.75, 3.05) is 0 Å². The summed E-state index contributed by atoms with van der Waals surface area (Å²) in [6, 6.07) is 10.5. The summed E-state index contributed by atoms with van der Waals surface area (Å²) in [6.45, 7) is 2.08. The van der Waals surface area contributed by atoms with Crippen LogP contribution in [0.2, 0.25) is 0 Å². The Kier molecular flexibility index (Phi) is 2.26. The summed E-state index contributed by atoms with van der Waals surface area (Å²) in [4.78, 5) is 4.34. The Morgan fingerprint density at radius 1 is 1.08 bits per heavy atom. The van der Waals surface area contributed by atoms with E-state index in [-0.39, 0.29) is 0 Å². The molecular weight excluding hydrogens is 158 g/mol. The van der Waals surface area contributed by atoms with Crippen molar-refractivity contribution in [3.63, 3.8) is 0 Å². The second-order valence-electron chi connectivity index (χ2n) is 3.38. The van der Waals surface area contributed by atoms with Gasteiger partial charge in [0.05, 0.1) is 0 Å². The van der Waals surface area contributed by atoms with Crippen LogP contribution in [0.1, 0.15) is 25.3 Å². The van der Waals surface area contributed by atoms with Crippen LogP contribution in [-0.2, 0) is 0 Å². The number of allylic oxidation sites excluding steroid dienone is 1. The molecule has 1 heterocycles. The molecule has 0 amide bonds. The van der Waals surface area contributed by atoms with E-state index in [2.05, 4.69) is 36.2 Å². The molecule has 1 aromatic rings. The summed E-state index contributed by atoms with van der Waals surface area (Å²) < 4.78 is 0. The predicted octanol–water partition coefficient (Wildman–Crippen LogP) is 3.28. The molecule has 1 aliphatic rings. The molecule has 0 N–H and O–H groups in total. The van der Waals surface area contributed by atoms with E-state index in [1.165, 1.54) is 16.8 Å². The Labute approximate surface area is 78.8 Å². The third kappa shape index (κ3) is 1.86. The quantitative estimate of drug-likeness (QED) is 0.615. The zero-order valence-electron chi connectivity index (χ0n) is 7.83. The van der Waals surface area contributed by atoms with Gasteiger partial charge < -0.3 is 0 Å². The van der Waals surface area contributed by atoms with Crippen molar-refractivity contribution >= 4 is 11.3 Å². The van der Waals surface area contributed by atoms with E-state index in [1.54, 1.807) is 0 Å². The zero-order chi connectivity index (χ0) is 9.10. The highest BCUT2D eigenvalue weighted by molar-refractivity contribution is 5.87. The van der Waals surface area contributed by atoms with Crippen LogP contribution < -0.4 is 0 Å². The van der Waals surface area contributed by atoms with Gasteiger partial charge in [-0.05, 0) is 30.9 Å². The average Bonchev–Trinajstić information content (AvgIpc) is 2.20. The fraction of sp³-hybridized carbons (Fsp3) is 0.250. The number of aliphatic imine (C=N–C) groups is 1. The smallest absolute Gasteiger partial charge is 0.0305 e. The molecule has 1 aromatic carbocycles. The maximum Gasteiger partial charge on any atom is 0.0305 e. The maximum atomic E-state index is 4.34. The third-order valence-corrected chi connectivity index (χ3v) is 2.34. The topological polar surface area (TPSA) is 12.4 Å². The predicted molar refractivity (Wildman–Crippen MR) is 56.8 cm³/mol. The molecule has 0 aliphatic carbocycles. The molecule has 0 saturated carbocycles. The highest BCUT2D eigenvalue weighted by atomic mass is 14.7. The van der Waals surface area contributed by atoms with Gasteiger partial charge in [-0.1, -0.05) is 30.3 Å². The van der Waals surface area contributed by atoms with Crippen molar-refractivity contribution in [2.24, 2.45) is 4.99 Å². The van der Waals surface area contributed by atoms with Gasteiger partial charge in [0.15, 0.2) is 0 Å². The van der Waals surface area contributed by atoms with Crippen LogP contribution in [0.5, 0.6) is 0 Å². The van der Waals surface area contributed by atoms with Crippen LogP contribution in [0, 0.1) is 0 Å². The molecular formula is C12H13N. The molecule has 66 valence electrons. The van der Waals surface area contributed by atoms with Gasteiger partial charge in [0.1, 0.15) is 0 Å². The molecule has 0 saturated heterocycles. The van der Waals surface area contributed by atoms with Crippen molar-refractivity contribution in [1.29, 1.82) is 0 Å². The molecule has 0 unspecified atom stereocenters. The van der Waals surface area contributed by atoms with Gasteiger partial charge in [0, 0.05) is 11.9 Å². The first-order valence-electron chi connectivity index (χ1n) is 4.64. The van der Waals surface area contributed by atoms with Gasteiger partial charge >= 0.3 is 0 Å². The molecule has 2 rings (SSSR count). The Balaban J connectivity index is 2.29. The highest BCUT2D eigenvalue weighted by Crippen LogP contribution is 2.22. The van der Waals surface area contributed by atoms with Crippen molar-refractivity contribution in [1.82, 2.24) is 0 Å². The summed E-state index contributed by atoms with van der Waals surface area (Å²) in [6.07, 6.45) is 4.22. The van der Waals surface area contributed by atoms with E-state index in [9.17, 15) is 0 Å². The van der Waals surface area contributed by atoms with Crippen LogP contribution >= 0.6 is 0 Å². The number of rotatable bonds is 1. The second kappa shape index (κ2) is 3.56. The lowest BCUT2D eigenvalue weighted by atomic mass is 9.99. The normalized spacial score (nSPS) is 16.4. The van der Waals surface area contributed by atoms with E-state index < -0.39 is 0 Å². The van der Waals surface area contributed by atoms with Gasteiger partial charge in [-0.3, -0.25) is 4.99 Å². The van der Waals surface area contributed by atoms with Crippen LogP contribution in [0.15, 0.2) is 41.5 Å². The van der Waals surface area contributed by atoms with Crippen molar-refractivity contribution < 1.29 is 0 Å². The first-order chi connectivity index (χ1) is 6.36. The van der Waals surface area contributed by atoms with Gasteiger partial charge in [-0.2, -0.15) is 0 Å². The summed E-state index contributed by atoms with van der Waals surface area (Å²) in [5.74, 6) is 0. The molecule has 13 heavy (non-hydrogen) atoms. The van der Waals surface area contributed by atoms with E-state index in [4.69, 9.17) is 0 Å². The summed E-state index contributed by atoms with van der Waals surface area (Å²) in [5, 5.41) is 0. The molecule has 0 fully saturated rings. The van der Waals surface area contributed by atoms with Gasteiger partial charge in [-0.25, -0.2) is 0 Å². The van der Waals surface area contributed by atoms with Gasteiger partial charge in [0.2, 0.25) is 0 Å². The SMILES string of the molecule is CC1=NC=C(c2ccccc2)CC1. The monoisotopic (exact) mass is 171 g/mol. The Morgan fingerprint density at radius 2 is 1.85 bits per heavy atom. The maximum absolute atomic E-state index is 4.34. The van der Waals surface area contributed by atoms with E-state index in [1.807, 2.05) is 12.3 Å². The van der Waals surface area contributed by atoms with Crippen molar-refractivity contribution in [2.45, 2.75) is 19.8 Å². The Bertz CT molecular complexity index is 347. The minimum atomic E-state index is 1.10. The highest BCUT2D eigenvalue weighted by Gasteiger charge is 2.05. The van der Waals surface area contributed by atoms with Crippen LogP contribution in [-0.4, -0.2) is 5.71 Å². The lowest BCUT2D eigenvalue weighted by molar-refractivity contribution is 1.07. The Morgan fingerprint density at radius 3 is 2.46 bits per heavy atom. The van der Waals surface area contributed by atoms with Crippen LogP contribution in [0.4, 0.5) is 0 Å². The molecule has 0 spiro atoms. The summed E-state index contributed by atoms with van der Waals surface area (Å²) >= 11 is 0. The fourth-order valence-electron chi connectivity index (χ4n) is 1.50. The molecule has 1 aliphatic heterocycles. The Hall–Kier alpha value is -1.37. The average molecular weight is 171 g/mol. The summed E-state index contributed by atoms with van der Waals surface area (Å²) in [7, 11) is 0. The van der Waals surface area contributed by atoms with Gasteiger partial charge in [0.25, 0.3) is 0 Å². The fourth-order valence-corrected chi connectivity index (χ4v) is 1.50. The second-order valence-corrected chi connectivity index (χ2v) is 3.38. The van der Waals surface area contributed by atoms with E-state index >= 15 is 0 Å².